The van der Waals surface area contributed by atoms with Gasteiger partial charge in [0.15, 0.2) is 0 Å². The Morgan fingerprint density at radius 3 is 2.76 bits per heavy atom. The highest BCUT2D eigenvalue weighted by Crippen LogP contribution is 2.03. The fraction of sp³-hybridized carbons (Fsp3) is 0.231. The minimum Gasteiger partial charge on any atom is -0.461 e. The zero-order valence-electron chi connectivity index (χ0n) is 9.43. The number of nitriles is 1. The van der Waals surface area contributed by atoms with E-state index in [0.29, 0.717) is 12.1 Å². The lowest BCUT2D eigenvalue weighted by Gasteiger charge is -2.02. The summed E-state index contributed by atoms with van der Waals surface area (Å²) in [6, 6.07) is 11.5. The number of hydrogen-bond donors (Lipinski definition) is 1. The number of hydrogen-bond acceptors (Lipinski definition) is 4. The van der Waals surface area contributed by atoms with Gasteiger partial charge >= 0.3 is 5.97 Å². The van der Waals surface area contributed by atoms with Gasteiger partial charge in [-0.1, -0.05) is 30.3 Å². The highest BCUT2D eigenvalue weighted by Gasteiger charge is 2.01. The van der Waals surface area contributed by atoms with Crippen molar-refractivity contribution in [2.75, 3.05) is 6.61 Å². The van der Waals surface area contributed by atoms with E-state index in [1.165, 1.54) is 6.08 Å². The number of ether oxygens (including phenoxy) is 1. The van der Waals surface area contributed by atoms with Crippen molar-refractivity contribution in [1.29, 1.82) is 5.26 Å². The SMILES string of the molecule is N#CCCOC(=O)/C=C(/N)Cc1ccccc1. The molecule has 0 aliphatic rings. The maximum atomic E-state index is 11.2. The third-order valence-corrected chi connectivity index (χ3v) is 2.01. The van der Waals surface area contributed by atoms with Crippen molar-refractivity contribution in [2.24, 2.45) is 5.73 Å². The van der Waals surface area contributed by atoms with E-state index in [1.807, 2.05) is 36.4 Å². The van der Waals surface area contributed by atoms with Crippen LogP contribution in [0, 0.1) is 11.3 Å². The lowest BCUT2D eigenvalue weighted by molar-refractivity contribution is -0.137. The van der Waals surface area contributed by atoms with Gasteiger partial charge in [0.1, 0.15) is 6.61 Å². The molecule has 0 atom stereocenters. The Bertz CT molecular complexity index is 432. The Hall–Kier alpha value is -2.28. The second kappa shape index (κ2) is 7.07. The molecule has 0 fully saturated rings. The number of rotatable bonds is 5. The Kier molecular flexibility index (Phi) is 5.32. The summed E-state index contributed by atoms with van der Waals surface area (Å²) in [6.45, 7) is 0.102. The molecule has 0 saturated heterocycles. The second-order valence-electron chi connectivity index (χ2n) is 3.46. The Labute approximate surface area is 100 Å². The van der Waals surface area contributed by atoms with Crippen LogP contribution in [0.15, 0.2) is 42.1 Å². The summed E-state index contributed by atoms with van der Waals surface area (Å²) >= 11 is 0. The van der Waals surface area contributed by atoms with Crippen molar-refractivity contribution in [3.05, 3.63) is 47.7 Å². The third kappa shape index (κ3) is 5.38. The van der Waals surface area contributed by atoms with Crippen LogP contribution < -0.4 is 5.73 Å². The Morgan fingerprint density at radius 2 is 2.12 bits per heavy atom. The van der Waals surface area contributed by atoms with E-state index in [-0.39, 0.29) is 13.0 Å². The smallest absolute Gasteiger partial charge is 0.332 e. The molecule has 0 heterocycles. The first-order chi connectivity index (χ1) is 8.22. The highest BCUT2D eigenvalue weighted by atomic mass is 16.5. The topological polar surface area (TPSA) is 76.1 Å². The first-order valence-corrected chi connectivity index (χ1v) is 5.26. The molecule has 0 amide bonds. The van der Waals surface area contributed by atoms with Crippen LogP contribution in [0.3, 0.4) is 0 Å². The predicted octanol–water partition coefficient (Wildman–Crippen LogP) is 1.53. The Morgan fingerprint density at radius 1 is 1.41 bits per heavy atom. The summed E-state index contributed by atoms with van der Waals surface area (Å²) < 4.78 is 4.77. The molecule has 0 aliphatic heterocycles. The summed E-state index contributed by atoms with van der Waals surface area (Å²) in [5.74, 6) is -0.506. The molecule has 0 unspecified atom stereocenters. The molecule has 0 bridgehead atoms. The first-order valence-electron chi connectivity index (χ1n) is 5.26. The summed E-state index contributed by atoms with van der Waals surface area (Å²) in [5, 5.41) is 8.27. The van der Waals surface area contributed by atoms with Crippen LogP contribution in [-0.4, -0.2) is 12.6 Å². The summed E-state index contributed by atoms with van der Waals surface area (Å²) in [5.41, 5.74) is 7.18. The number of allylic oxidation sites excluding steroid dienone is 1. The monoisotopic (exact) mass is 230 g/mol. The fourth-order valence-electron chi connectivity index (χ4n) is 1.27. The largest absolute Gasteiger partial charge is 0.461 e. The maximum Gasteiger partial charge on any atom is 0.332 e. The van der Waals surface area contributed by atoms with Gasteiger partial charge in [0, 0.05) is 18.2 Å². The van der Waals surface area contributed by atoms with E-state index in [2.05, 4.69) is 0 Å². The highest BCUT2D eigenvalue weighted by molar-refractivity contribution is 5.82. The number of carbonyl (C=O) groups is 1. The molecule has 2 N–H and O–H groups in total. The van der Waals surface area contributed by atoms with Crippen LogP contribution in [0.25, 0.3) is 0 Å². The average Bonchev–Trinajstić information content (AvgIpc) is 2.30. The van der Waals surface area contributed by atoms with E-state index in [4.69, 9.17) is 15.7 Å². The van der Waals surface area contributed by atoms with Crippen LogP contribution >= 0.6 is 0 Å². The molecule has 0 aromatic heterocycles. The van der Waals surface area contributed by atoms with Gasteiger partial charge in [0.2, 0.25) is 0 Å². The van der Waals surface area contributed by atoms with Gasteiger partial charge in [-0.2, -0.15) is 5.26 Å². The van der Waals surface area contributed by atoms with Gasteiger partial charge in [-0.3, -0.25) is 0 Å². The van der Waals surface area contributed by atoms with Gasteiger partial charge in [0.05, 0.1) is 12.5 Å². The molecule has 88 valence electrons. The normalized spacial score (nSPS) is 10.6. The lowest BCUT2D eigenvalue weighted by atomic mass is 10.1. The molecule has 0 saturated carbocycles. The van der Waals surface area contributed by atoms with Crippen molar-refractivity contribution in [2.45, 2.75) is 12.8 Å². The molecule has 1 aromatic carbocycles. The van der Waals surface area contributed by atoms with Crippen molar-refractivity contribution in [3.63, 3.8) is 0 Å². The maximum absolute atomic E-state index is 11.2. The third-order valence-electron chi connectivity index (χ3n) is 2.01. The second-order valence-corrected chi connectivity index (χ2v) is 3.46. The predicted molar refractivity (Wildman–Crippen MR) is 63.6 cm³/mol. The van der Waals surface area contributed by atoms with E-state index in [9.17, 15) is 4.79 Å². The fourth-order valence-corrected chi connectivity index (χ4v) is 1.27. The summed E-state index contributed by atoms with van der Waals surface area (Å²) in [6.07, 6.45) is 1.96. The quantitative estimate of drug-likeness (QED) is 0.473. The molecule has 0 spiro atoms. The summed E-state index contributed by atoms with van der Waals surface area (Å²) in [4.78, 5) is 11.2. The minimum atomic E-state index is -0.506. The van der Waals surface area contributed by atoms with E-state index >= 15 is 0 Å². The minimum absolute atomic E-state index is 0.102. The van der Waals surface area contributed by atoms with Crippen molar-refractivity contribution >= 4 is 5.97 Å². The number of benzene rings is 1. The van der Waals surface area contributed by atoms with Gasteiger partial charge in [0.25, 0.3) is 0 Å². The molecule has 4 nitrogen and oxygen atoms in total. The van der Waals surface area contributed by atoms with Crippen molar-refractivity contribution in [1.82, 2.24) is 0 Å². The molecule has 0 aliphatic carbocycles. The zero-order chi connectivity index (χ0) is 12.5. The molecular weight excluding hydrogens is 216 g/mol. The molecule has 0 radical (unpaired) electrons. The van der Waals surface area contributed by atoms with Gasteiger partial charge in [-0.15, -0.1) is 0 Å². The lowest BCUT2D eigenvalue weighted by Crippen LogP contribution is -2.08. The molecule has 17 heavy (non-hydrogen) atoms. The molecular formula is C13H14N2O2. The van der Waals surface area contributed by atoms with Crippen molar-refractivity contribution in [3.8, 4) is 6.07 Å². The van der Waals surface area contributed by atoms with Crippen LogP contribution in [0.5, 0.6) is 0 Å². The van der Waals surface area contributed by atoms with E-state index in [1.54, 1.807) is 0 Å². The zero-order valence-corrected chi connectivity index (χ0v) is 9.43. The van der Waals surface area contributed by atoms with Crippen LogP contribution in [-0.2, 0) is 16.0 Å². The average molecular weight is 230 g/mol. The van der Waals surface area contributed by atoms with E-state index in [0.717, 1.165) is 5.56 Å². The standard InChI is InChI=1S/C13H14N2O2/c14-7-4-8-17-13(16)10-12(15)9-11-5-2-1-3-6-11/h1-3,5-6,10H,4,8-9,15H2/b12-10+. The molecule has 1 aromatic rings. The summed E-state index contributed by atoms with van der Waals surface area (Å²) in [7, 11) is 0. The van der Waals surface area contributed by atoms with Gasteiger partial charge < -0.3 is 10.5 Å². The van der Waals surface area contributed by atoms with Gasteiger partial charge in [-0.05, 0) is 5.56 Å². The van der Waals surface area contributed by atoms with Crippen LogP contribution in [0.2, 0.25) is 0 Å². The molecule has 4 heteroatoms. The van der Waals surface area contributed by atoms with Crippen LogP contribution in [0.4, 0.5) is 0 Å². The molecule has 1 rings (SSSR count). The van der Waals surface area contributed by atoms with E-state index < -0.39 is 5.97 Å². The number of nitrogens with zero attached hydrogens (tertiary/aromatic N) is 1. The van der Waals surface area contributed by atoms with Crippen LogP contribution in [0.1, 0.15) is 12.0 Å². The Balaban J connectivity index is 2.44. The number of carbonyl (C=O) groups excluding carboxylic acids is 1. The van der Waals surface area contributed by atoms with Crippen molar-refractivity contribution < 1.29 is 9.53 Å². The van der Waals surface area contributed by atoms with Gasteiger partial charge in [-0.25, -0.2) is 4.79 Å². The number of nitrogens with two attached hydrogens (primary N) is 1. The number of esters is 1. The first kappa shape index (κ1) is 12.8.